The molecule has 0 spiro atoms. The molecule has 1 aliphatic heterocycles. The maximum atomic E-state index is 15.4. The monoisotopic (exact) mass is 416 g/mol. The van der Waals surface area contributed by atoms with Crippen LogP contribution in [0.1, 0.15) is 22.6 Å². The van der Waals surface area contributed by atoms with E-state index in [-0.39, 0.29) is 23.4 Å². The van der Waals surface area contributed by atoms with Gasteiger partial charge in [0.1, 0.15) is 5.69 Å². The minimum atomic E-state index is -2.11. The van der Waals surface area contributed by atoms with E-state index in [1.165, 1.54) is 16.7 Å². The second kappa shape index (κ2) is 6.39. The number of hydrogen-bond donors (Lipinski definition) is 1. The highest BCUT2D eigenvalue weighted by molar-refractivity contribution is 7.17. The molecular formula is C19H18F2N6OS. The first kappa shape index (κ1) is 18.3. The summed E-state index contributed by atoms with van der Waals surface area (Å²) >= 11 is 1.00. The third kappa shape index (κ3) is 2.85. The highest BCUT2D eigenvalue weighted by Crippen LogP contribution is 2.40. The third-order valence-corrected chi connectivity index (χ3v) is 6.39. The fraction of sp³-hybridized carbons (Fsp3) is 0.368. The lowest BCUT2D eigenvalue weighted by Crippen LogP contribution is -2.46. The highest BCUT2D eigenvalue weighted by Gasteiger charge is 2.45. The summed E-state index contributed by atoms with van der Waals surface area (Å²) in [7, 11) is 0. The lowest BCUT2D eigenvalue weighted by Gasteiger charge is -2.32. The zero-order valence-corrected chi connectivity index (χ0v) is 16.6. The van der Waals surface area contributed by atoms with Gasteiger partial charge in [0.05, 0.1) is 22.5 Å². The Morgan fingerprint density at radius 3 is 2.86 bits per heavy atom. The Balaban J connectivity index is 1.65. The van der Waals surface area contributed by atoms with Crippen LogP contribution in [0.15, 0.2) is 29.3 Å². The lowest BCUT2D eigenvalue weighted by atomic mass is 9.91. The Morgan fingerprint density at radius 1 is 1.24 bits per heavy atom. The fourth-order valence-corrected chi connectivity index (χ4v) is 4.83. The molecule has 4 aromatic rings. The number of imidazole rings is 1. The van der Waals surface area contributed by atoms with Crippen LogP contribution in [0.3, 0.4) is 0 Å². The molecule has 0 bridgehead atoms. The summed E-state index contributed by atoms with van der Waals surface area (Å²) in [4.78, 5) is 22.1. The SMILES string of the molecule is Cc1cn2nc(-c3cc(=O)n4cc(C5(F)CCNCC5F)sc4n3)cc(C)c2n1. The first-order valence-corrected chi connectivity index (χ1v) is 10.1. The van der Waals surface area contributed by atoms with E-state index in [2.05, 4.69) is 20.4 Å². The molecule has 2 atom stereocenters. The molecule has 1 aliphatic rings. The van der Waals surface area contributed by atoms with Crippen LogP contribution in [0.2, 0.25) is 0 Å². The number of piperidine rings is 1. The summed E-state index contributed by atoms with van der Waals surface area (Å²) in [5.74, 6) is 0. The van der Waals surface area contributed by atoms with Crippen LogP contribution in [-0.4, -0.2) is 43.2 Å². The van der Waals surface area contributed by atoms with Gasteiger partial charge in [0.25, 0.3) is 5.56 Å². The average molecular weight is 416 g/mol. The van der Waals surface area contributed by atoms with Crippen LogP contribution in [0, 0.1) is 13.8 Å². The van der Waals surface area contributed by atoms with Gasteiger partial charge in [-0.2, -0.15) is 5.10 Å². The van der Waals surface area contributed by atoms with Crippen molar-refractivity contribution in [3.63, 3.8) is 0 Å². The molecule has 1 fully saturated rings. The molecule has 7 nitrogen and oxygen atoms in total. The first-order valence-electron chi connectivity index (χ1n) is 9.26. The van der Waals surface area contributed by atoms with Gasteiger partial charge >= 0.3 is 0 Å². The van der Waals surface area contributed by atoms with Gasteiger partial charge in [0, 0.05) is 25.2 Å². The predicted molar refractivity (Wildman–Crippen MR) is 106 cm³/mol. The zero-order chi connectivity index (χ0) is 20.3. The van der Waals surface area contributed by atoms with E-state index in [0.29, 0.717) is 22.9 Å². The number of nitrogens with one attached hydrogen (secondary N) is 1. The summed E-state index contributed by atoms with van der Waals surface area (Å²) in [5.41, 5.74) is 0.897. The average Bonchev–Trinajstić information content (AvgIpc) is 3.28. The number of halogens is 2. The number of alkyl halides is 2. The van der Waals surface area contributed by atoms with Crippen LogP contribution in [0.25, 0.3) is 22.0 Å². The molecule has 150 valence electrons. The van der Waals surface area contributed by atoms with Crippen molar-refractivity contribution in [2.24, 2.45) is 0 Å². The molecule has 1 saturated heterocycles. The standard InChI is InChI=1S/C19H18F2N6OS/c1-10-5-13(25-27-8-11(2)23-17(10)27)12-6-16(28)26-9-15(29-18(26)24-12)19(21)3-4-22-7-14(19)20/h5-6,8-9,14,22H,3-4,7H2,1-2H3. The number of aryl methyl sites for hydroxylation is 2. The molecule has 2 unspecified atom stereocenters. The second-order valence-corrected chi connectivity index (χ2v) is 8.38. The van der Waals surface area contributed by atoms with Crippen molar-refractivity contribution in [3.8, 4) is 11.4 Å². The van der Waals surface area contributed by atoms with Crippen molar-refractivity contribution in [1.29, 1.82) is 0 Å². The van der Waals surface area contributed by atoms with Crippen molar-refractivity contribution >= 4 is 21.9 Å². The van der Waals surface area contributed by atoms with Gasteiger partial charge in [-0.1, -0.05) is 11.3 Å². The predicted octanol–water partition coefficient (Wildman–Crippen LogP) is 2.58. The van der Waals surface area contributed by atoms with Crippen molar-refractivity contribution < 1.29 is 8.78 Å². The van der Waals surface area contributed by atoms with Gasteiger partial charge in [-0.25, -0.2) is 23.3 Å². The van der Waals surface area contributed by atoms with E-state index >= 15 is 4.39 Å². The lowest BCUT2D eigenvalue weighted by molar-refractivity contribution is 0.0215. The smallest absolute Gasteiger partial charge is 0.259 e. The number of hydrogen-bond acceptors (Lipinski definition) is 6. The Labute approximate surface area is 168 Å². The normalized spacial score (nSPS) is 22.6. The van der Waals surface area contributed by atoms with Crippen LogP contribution in [0.5, 0.6) is 0 Å². The Morgan fingerprint density at radius 2 is 2.07 bits per heavy atom. The van der Waals surface area contributed by atoms with Crippen LogP contribution in [-0.2, 0) is 5.67 Å². The quantitative estimate of drug-likeness (QED) is 0.544. The summed E-state index contributed by atoms with van der Waals surface area (Å²) in [6.45, 7) is 4.12. The van der Waals surface area contributed by atoms with Gasteiger partial charge in [0.15, 0.2) is 22.4 Å². The number of nitrogens with zero attached hydrogens (tertiary/aromatic N) is 5. The molecule has 4 aromatic heterocycles. The topological polar surface area (TPSA) is 76.6 Å². The number of thiazole rings is 1. The molecule has 0 saturated carbocycles. The van der Waals surface area contributed by atoms with Crippen molar-refractivity contribution in [2.45, 2.75) is 32.1 Å². The van der Waals surface area contributed by atoms with Crippen LogP contribution >= 0.6 is 11.3 Å². The Kier molecular flexibility index (Phi) is 4.04. The highest BCUT2D eigenvalue weighted by atomic mass is 32.1. The first-order chi connectivity index (χ1) is 13.8. The Bertz CT molecular complexity index is 1310. The van der Waals surface area contributed by atoms with Crippen LogP contribution in [0.4, 0.5) is 8.78 Å². The summed E-state index contributed by atoms with van der Waals surface area (Å²) in [6.07, 6.45) is 1.51. The number of rotatable bonds is 2. The third-order valence-electron chi connectivity index (χ3n) is 5.25. The van der Waals surface area contributed by atoms with Gasteiger partial charge < -0.3 is 5.32 Å². The molecule has 5 rings (SSSR count). The minimum Gasteiger partial charge on any atom is -0.314 e. The van der Waals surface area contributed by atoms with E-state index < -0.39 is 11.8 Å². The molecular weight excluding hydrogens is 398 g/mol. The Hall–Kier alpha value is -2.72. The summed E-state index contributed by atoms with van der Waals surface area (Å²) in [5, 5.41) is 7.35. The molecule has 0 aromatic carbocycles. The maximum Gasteiger partial charge on any atom is 0.259 e. The molecule has 5 heterocycles. The molecule has 10 heteroatoms. The fourth-order valence-electron chi connectivity index (χ4n) is 3.69. The summed E-state index contributed by atoms with van der Waals surface area (Å²) < 4.78 is 32.6. The molecule has 0 aliphatic carbocycles. The van der Waals surface area contributed by atoms with Gasteiger partial charge in [0.2, 0.25) is 0 Å². The maximum absolute atomic E-state index is 15.4. The molecule has 29 heavy (non-hydrogen) atoms. The number of fused-ring (bicyclic) bond motifs is 2. The molecule has 0 radical (unpaired) electrons. The minimum absolute atomic E-state index is 0.0139. The van der Waals surface area contributed by atoms with Gasteiger partial charge in [-0.15, -0.1) is 0 Å². The van der Waals surface area contributed by atoms with Crippen molar-refractivity contribution in [1.82, 2.24) is 29.3 Å². The van der Waals surface area contributed by atoms with Crippen LogP contribution < -0.4 is 10.9 Å². The molecule has 0 amide bonds. The van der Waals surface area contributed by atoms with Crippen molar-refractivity contribution in [2.75, 3.05) is 13.1 Å². The molecule has 1 N–H and O–H groups in total. The van der Waals surface area contributed by atoms with E-state index in [9.17, 15) is 9.18 Å². The zero-order valence-electron chi connectivity index (χ0n) is 15.8. The second-order valence-electron chi connectivity index (χ2n) is 7.37. The van der Waals surface area contributed by atoms with E-state index in [4.69, 9.17) is 0 Å². The number of aromatic nitrogens is 5. The van der Waals surface area contributed by atoms with Gasteiger partial charge in [-0.05, 0) is 32.0 Å². The van der Waals surface area contributed by atoms with E-state index in [1.54, 1.807) is 10.7 Å². The summed E-state index contributed by atoms with van der Waals surface area (Å²) in [6, 6.07) is 3.18. The van der Waals surface area contributed by atoms with Gasteiger partial charge in [-0.3, -0.25) is 9.20 Å². The van der Waals surface area contributed by atoms with E-state index in [1.807, 2.05) is 19.9 Å². The van der Waals surface area contributed by atoms with Crippen molar-refractivity contribution in [3.05, 3.63) is 51.0 Å². The van der Waals surface area contributed by atoms with E-state index in [0.717, 1.165) is 28.2 Å². The largest absolute Gasteiger partial charge is 0.314 e.